The van der Waals surface area contributed by atoms with Crippen LogP contribution < -0.4 is 0 Å². The van der Waals surface area contributed by atoms with Crippen LogP contribution in [0, 0.1) is 5.82 Å². The van der Waals surface area contributed by atoms with Gasteiger partial charge in [0.05, 0.1) is 0 Å². The number of hydrogen-bond acceptors (Lipinski definition) is 3. The summed E-state index contributed by atoms with van der Waals surface area (Å²) < 4.78 is 15.9. The summed E-state index contributed by atoms with van der Waals surface area (Å²) in [5, 5.41) is 11.1. The Balaban J connectivity index is 1.61. The van der Waals surface area contributed by atoms with Crippen molar-refractivity contribution in [3.05, 3.63) is 78.1 Å². The molecule has 3 nitrogen and oxygen atoms in total. The third kappa shape index (κ3) is 3.03. The largest absolute Gasteiger partial charge is 0.305 e. The number of rotatable bonds is 4. The summed E-state index contributed by atoms with van der Waals surface area (Å²) in [7, 11) is 1.97. The van der Waals surface area contributed by atoms with Crippen molar-refractivity contribution >= 4 is 22.5 Å². The molecule has 0 amide bonds. The van der Waals surface area contributed by atoms with Gasteiger partial charge >= 0.3 is 0 Å². The minimum atomic E-state index is -0.186. The number of fused-ring (bicyclic) bond motifs is 1. The van der Waals surface area contributed by atoms with Gasteiger partial charge < -0.3 is 4.57 Å². The first kappa shape index (κ1) is 15.8. The van der Waals surface area contributed by atoms with Gasteiger partial charge in [-0.2, -0.15) is 0 Å². The topological polar surface area (TPSA) is 30.7 Å². The van der Waals surface area contributed by atoms with Gasteiger partial charge in [-0.1, -0.05) is 72.4 Å². The van der Waals surface area contributed by atoms with Crippen LogP contribution in [-0.4, -0.2) is 14.8 Å². The second-order valence-electron chi connectivity index (χ2n) is 5.77. The average Bonchev–Trinajstić information content (AvgIpc) is 3.03. The number of thioether (sulfide) groups is 1. The van der Waals surface area contributed by atoms with Crippen LogP contribution in [0.4, 0.5) is 4.39 Å². The molecule has 0 N–H and O–H groups in total. The summed E-state index contributed by atoms with van der Waals surface area (Å²) in [6.45, 7) is 0. The summed E-state index contributed by atoms with van der Waals surface area (Å²) in [6, 6.07) is 20.9. The number of nitrogens with zero attached hydrogens (tertiary/aromatic N) is 3. The fourth-order valence-corrected chi connectivity index (χ4v) is 3.79. The summed E-state index contributed by atoms with van der Waals surface area (Å²) >= 11 is 1.60. The maximum atomic E-state index is 14.0. The number of aromatic nitrogens is 3. The normalized spacial score (nSPS) is 11.1. The first-order chi connectivity index (χ1) is 12.2. The molecule has 0 bridgehead atoms. The number of benzene rings is 3. The van der Waals surface area contributed by atoms with E-state index in [-0.39, 0.29) is 5.82 Å². The fourth-order valence-electron chi connectivity index (χ4n) is 2.87. The molecule has 124 valence electrons. The molecule has 0 saturated carbocycles. The molecule has 0 aliphatic rings. The van der Waals surface area contributed by atoms with E-state index in [1.165, 1.54) is 6.07 Å². The Morgan fingerprint density at radius 3 is 2.40 bits per heavy atom. The van der Waals surface area contributed by atoms with Crippen molar-refractivity contribution in [2.45, 2.75) is 10.9 Å². The van der Waals surface area contributed by atoms with Crippen molar-refractivity contribution < 1.29 is 4.39 Å². The molecule has 1 aromatic heterocycles. The van der Waals surface area contributed by atoms with Crippen molar-refractivity contribution in [2.75, 3.05) is 0 Å². The first-order valence-corrected chi connectivity index (χ1v) is 8.96. The van der Waals surface area contributed by atoms with E-state index in [9.17, 15) is 4.39 Å². The Hall–Kier alpha value is -2.66. The lowest BCUT2D eigenvalue weighted by Gasteiger charge is -2.07. The van der Waals surface area contributed by atoms with Gasteiger partial charge in [0.1, 0.15) is 5.82 Å². The molecule has 0 spiro atoms. The standard InChI is InChI=1S/C20H16FN3S/c1-24-19(14-7-3-2-4-8-14)22-23-20(24)25-13-15-11-12-18(21)17-10-6-5-9-16(15)17/h2-12H,13H2,1H3. The molecular weight excluding hydrogens is 333 g/mol. The summed E-state index contributed by atoms with van der Waals surface area (Å²) in [4.78, 5) is 0. The van der Waals surface area contributed by atoms with Gasteiger partial charge in [-0.3, -0.25) is 0 Å². The Morgan fingerprint density at radius 1 is 0.880 bits per heavy atom. The second-order valence-corrected chi connectivity index (χ2v) is 6.71. The third-order valence-corrected chi connectivity index (χ3v) is 5.25. The van der Waals surface area contributed by atoms with Crippen LogP contribution in [0.5, 0.6) is 0 Å². The zero-order chi connectivity index (χ0) is 17.2. The second kappa shape index (κ2) is 6.69. The molecule has 4 rings (SSSR count). The molecule has 0 saturated heterocycles. The van der Waals surface area contributed by atoms with Crippen molar-refractivity contribution in [1.82, 2.24) is 14.8 Å². The van der Waals surface area contributed by atoms with Gasteiger partial charge in [0, 0.05) is 23.8 Å². The molecule has 0 aliphatic carbocycles. The maximum absolute atomic E-state index is 14.0. The van der Waals surface area contributed by atoms with Gasteiger partial charge in [-0.25, -0.2) is 4.39 Å². The Kier molecular flexibility index (Phi) is 4.24. The fraction of sp³-hybridized carbons (Fsp3) is 0.100. The maximum Gasteiger partial charge on any atom is 0.191 e. The molecule has 4 aromatic rings. The molecular formula is C20H16FN3S. The highest BCUT2D eigenvalue weighted by Crippen LogP contribution is 2.29. The molecule has 0 unspecified atom stereocenters. The van der Waals surface area contributed by atoms with Gasteiger partial charge in [0.25, 0.3) is 0 Å². The molecule has 0 aliphatic heterocycles. The minimum Gasteiger partial charge on any atom is -0.305 e. The average molecular weight is 349 g/mol. The zero-order valence-corrected chi connectivity index (χ0v) is 14.5. The van der Waals surface area contributed by atoms with Gasteiger partial charge in [-0.15, -0.1) is 10.2 Å². The van der Waals surface area contributed by atoms with Gasteiger partial charge in [0.15, 0.2) is 11.0 Å². The predicted octanol–water partition coefficient (Wildman–Crippen LogP) is 5.07. The lowest BCUT2D eigenvalue weighted by atomic mass is 10.1. The van der Waals surface area contributed by atoms with E-state index < -0.39 is 0 Å². The lowest BCUT2D eigenvalue weighted by Crippen LogP contribution is -1.95. The highest BCUT2D eigenvalue weighted by molar-refractivity contribution is 7.98. The predicted molar refractivity (Wildman–Crippen MR) is 99.9 cm³/mol. The minimum absolute atomic E-state index is 0.186. The van der Waals surface area contributed by atoms with Crippen LogP contribution in [0.1, 0.15) is 5.56 Å². The lowest BCUT2D eigenvalue weighted by molar-refractivity contribution is 0.639. The van der Waals surface area contributed by atoms with E-state index >= 15 is 0 Å². The Labute approximate surface area is 149 Å². The smallest absolute Gasteiger partial charge is 0.191 e. The van der Waals surface area contributed by atoms with Crippen LogP contribution in [-0.2, 0) is 12.8 Å². The van der Waals surface area contributed by atoms with E-state index in [2.05, 4.69) is 10.2 Å². The van der Waals surface area contributed by atoms with Crippen molar-refractivity contribution in [1.29, 1.82) is 0 Å². The number of hydrogen-bond donors (Lipinski definition) is 0. The van der Waals surface area contributed by atoms with Gasteiger partial charge in [-0.05, 0) is 17.0 Å². The molecule has 0 atom stereocenters. The summed E-state index contributed by atoms with van der Waals surface area (Å²) in [5.41, 5.74) is 2.13. The summed E-state index contributed by atoms with van der Waals surface area (Å²) in [6.07, 6.45) is 0. The SMILES string of the molecule is Cn1c(SCc2ccc(F)c3ccccc23)nnc1-c1ccccc1. The Morgan fingerprint density at radius 2 is 1.60 bits per heavy atom. The van der Waals surface area contributed by atoms with Crippen LogP contribution in [0.2, 0.25) is 0 Å². The van der Waals surface area contributed by atoms with Gasteiger partial charge in [0.2, 0.25) is 0 Å². The molecule has 0 radical (unpaired) electrons. The van der Waals surface area contributed by atoms with Crippen molar-refractivity contribution in [3.8, 4) is 11.4 Å². The van der Waals surface area contributed by atoms with Crippen LogP contribution in [0.25, 0.3) is 22.2 Å². The number of halogens is 1. The van der Waals surface area contributed by atoms with Crippen LogP contribution >= 0.6 is 11.8 Å². The molecule has 1 heterocycles. The highest BCUT2D eigenvalue weighted by Gasteiger charge is 2.12. The summed E-state index contributed by atoms with van der Waals surface area (Å²) in [5.74, 6) is 1.36. The zero-order valence-electron chi connectivity index (χ0n) is 13.7. The van der Waals surface area contributed by atoms with Crippen LogP contribution in [0.3, 0.4) is 0 Å². The molecule has 5 heteroatoms. The Bertz CT molecular complexity index is 1030. The van der Waals surface area contributed by atoms with E-state index in [0.717, 1.165) is 27.5 Å². The van der Waals surface area contributed by atoms with Crippen LogP contribution in [0.15, 0.2) is 71.9 Å². The molecule has 0 fully saturated rings. The highest BCUT2D eigenvalue weighted by atomic mass is 32.2. The van der Waals surface area contributed by atoms with E-state index in [0.29, 0.717) is 11.1 Å². The monoisotopic (exact) mass is 349 g/mol. The van der Waals surface area contributed by atoms with Crippen molar-refractivity contribution in [2.24, 2.45) is 7.05 Å². The van der Waals surface area contributed by atoms with E-state index in [4.69, 9.17) is 0 Å². The van der Waals surface area contributed by atoms with E-state index in [1.54, 1.807) is 11.8 Å². The first-order valence-electron chi connectivity index (χ1n) is 7.98. The quantitative estimate of drug-likeness (QED) is 0.482. The van der Waals surface area contributed by atoms with E-state index in [1.807, 2.05) is 72.3 Å². The molecule has 3 aromatic carbocycles. The third-order valence-electron chi connectivity index (χ3n) is 4.18. The molecule has 25 heavy (non-hydrogen) atoms. The van der Waals surface area contributed by atoms with Crippen molar-refractivity contribution in [3.63, 3.8) is 0 Å².